The molecule has 1 aliphatic rings. The molecule has 11 heteroatoms. The van der Waals surface area contributed by atoms with Crippen LogP contribution in [0.2, 0.25) is 0 Å². The Labute approximate surface area is 162 Å². The van der Waals surface area contributed by atoms with Crippen molar-refractivity contribution in [3.8, 4) is 11.8 Å². The normalized spacial score (nSPS) is 17.9. The molecule has 0 N–H and O–H groups in total. The minimum atomic E-state index is -3.91. The topological polar surface area (TPSA) is 125 Å². The van der Waals surface area contributed by atoms with Gasteiger partial charge >= 0.3 is 0 Å². The van der Waals surface area contributed by atoms with Gasteiger partial charge in [-0.15, -0.1) is 0 Å². The van der Waals surface area contributed by atoms with E-state index in [0.29, 0.717) is 24.9 Å². The number of hydrogen-bond acceptors (Lipinski definition) is 8. The van der Waals surface area contributed by atoms with Crippen molar-refractivity contribution in [1.29, 1.82) is 0 Å². The number of benzene rings is 1. The maximum absolute atomic E-state index is 13.1. The molecule has 150 valence electrons. The molecule has 0 amide bonds. The Bertz CT molecular complexity index is 981. The lowest BCUT2D eigenvalue weighted by Crippen LogP contribution is -2.44. The summed E-state index contributed by atoms with van der Waals surface area (Å²) in [5.41, 5.74) is 0.183. The number of piperidine rings is 1. The number of ether oxygens (including phenoxy) is 2. The van der Waals surface area contributed by atoms with Gasteiger partial charge in [-0.25, -0.2) is 18.4 Å². The van der Waals surface area contributed by atoms with Gasteiger partial charge in [-0.05, 0) is 25.3 Å². The average Bonchev–Trinajstić information content (AvgIpc) is 2.68. The summed E-state index contributed by atoms with van der Waals surface area (Å²) in [6, 6.07) is 3.82. The number of nitrogens with zero attached hydrogens (tertiary/aromatic N) is 4. The summed E-state index contributed by atoms with van der Waals surface area (Å²) in [7, 11) is -2.46. The summed E-state index contributed by atoms with van der Waals surface area (Å²) in [6.45, 7) is 2.02. The van der Waals surface area contributed by atoms with Crippen molar-refractivity contribution >= 4 is 15.7 Å². The van der Waals surface area contributed by atoms with E-state index in [9.17, 15) is 18.5 Å². The van der Waals surface area contributed by atoms with Crippen molar-refractivity contribution < 1.29 is 22.8 Å². The molecule has 1 aromatic heterocycles. The number of rotatable bonds is 6. The number of aromatic nitrogens is 2. The molecule has 2 heterocycles. The quantitative estimate of drug-likeness (QED) is 0.524. The van der Waals surface area contributed by atoms with Gasteiger partial charge in [-0.2, -0.15) is 4.31 Å². The van der Waals surface area contributed by atoms with Gasteiger partial charge in [-0.1, -0.05) is 6.07 Å². The summed E-state index contributed by atoms with van der Waals surface area (Å²) >= 11 is 0. The number of methoxy groups -OCH3 is 1. The van der Waals surface area contributed by atoms with Crippen molar-refractivity contribution in [3.63, 3.8) is 0 Å². The van der Waals surface area contributed by atoms with Crippen LogP contribution >= 0.6 is 0 Å². The van der Waals surface area contributed by atoms with E-state index >= 15 is 0 Å². The standard InChI is InChI=1S/C17H20N4O6S/c1-12-5-6-13(21(22)23)10-15(12)28(24,25)20-9-3-4-14(11-20)27-17-16(26-2)18-7-8-19-17/h5-8,10,14H,3-4,9,11H2,1-2H3. The minimum Gasteiger partial charge on any atom is -0.477 e. The molecule has 0 aliphatic carbocycles. The molecule has 1 aliphatic heterocycles. The van der Waals surface area contributed by atoms with Crippen LogP contribution in [0.5, 0.6) is 11.8 Å². The number of hydrogen-bond donors (Lipinski definition) is 0. The Morgan fingerprint density at radius 2 is 1.96 bits per heavy atom. The molecule has 1 aromatic carbocycles. The molecule has 0 radical (unpaired) electrons. The summed E-state index contributed by atoms with van der Waals surface area (Å²) in [6.07, 6.45) is 3.71. The molecule has 0 saturated carbocycles. The lowest BCUT2D eigenvalue weighted by atomic mass is 10.1. The summed E-state index contributed by atoms with van der Waals surface area (Å²) < 4.78 is 38.4. The molecule has 1 fully saturated rings. The second-order valence-corrected chi connectivity index (χ2v) is 8.23. The van der Waals surface area contributed by atoms with E-state index in [-0.39, 0.29) is 28.9 Å². The molecule has 0 spiro atoms. The van der Waals surface area contributed by atoms with Crippen molar-refractivity contribution in [2.75, 3.05) is 20.2 Å². The van der Waals surface area contributed by atoms with E-state index in [0.717, 1.165) is 6.07 Å². The van der Waals surface area contributed by atoms with Crippen LogP contribution in [0.25, 0.3) is 0 Å². The number of nitro groups is 1. The predicted octanol–water partition coefficient (Wildman–Crippen LogP) is 1.93. The predicted molar refractivity (Wildman–Crippen MR) is 98.8 cm³/mol. The van der Waals surface area contributed by atoms with E-state index in [1.165, 1.54) is 35.9 Å². The molecule has 1 saturated heterocycles. The Hall–Kier alpha value is -2.79. The van der Waals surface area contributed by atoms with Crippen molar-refractivity contribution in [2.24, 2.45) is 0 Å². The molecule has 3 rings (SSSR count). The summed E-state index contributed by atoms with van der Waals surface area (Å²) in [5.74, 6) is 0.415. The highest BCUT2D eigenvalue weighted by atomic mass is 32.2. The van der Waals surface area contributed by atoms with Gasteiger partial charge in [0.2, 0.25) is 10.0 Å². The number of sulfonamides is 1. The molecule has 0 bridgehead atoms. The molecule has 28 heavy (non-hydrogen) atoms. The first-order chi connectivity index (χ1) is 13.3. The number of nitro benzene ring substituents is 1. The van der Waals surface area contributed by atoms with Crippen LogP contribution in [-0.4, -0.2) is 53.9 Å². The highest BCUT2D eigenvalue weighted by molar-refractivity contribution is 7.89. The van der Waals surface area contributed by atoms with Crippen LogP contribution in [0.15, 0.2) is 35.5 Å². The maximum Gasteiger partial charge on any atom is 0.278 e. The van der Waals surface area contributed by atoms with Gasteiger partial charge < -0.3 is 9.47 Å². The largest absolute Gasteiger partial charge is 0.477 e. The lowest BCUT2D eigenvalue weighted by molar-refractivity contribution is -0.385. The Morgan fingerprint density at radius 3 is 2.64 bits per heavy atom. The van der Waals surface area contributed by atoms with Crippen LogP contribution in [0.4, 0.5) is 5.69 Å². The van der Waals surface area contributed by atoms with E-state index < -0.39 is 21.1 Å². The van der Waals surface area contributed by atoms with E-state index in [1.807, 2.05) is 0 Å². The van der Waals surface area contributed by atoms with Crippen molar-refractivity contribution in [3.05, 3.63) is 46.3 Å². The van der Waals surface area contributed by atoms with Crippen LogP contribution in [0.1, 0.15) is 18.4 Å². The summed E-state index contributed by atoms with van der Waals surface area (Å²) in [4.78, 5) is 18.4. The molecule has 1 atom stereocenters. The zero-order valence-corrected chi connectivity index (χ0v) is 16.3. The van der Waals surface area contributed by atoms with E-state index in [1.54, 1.807) is 6.92 Å². The Kier molecular flexibility index (Phi) is 5.75. The number of non-ortho nitro benzene ring substituents is 1. The lowest BCUT2D eigenvalue weighted by Gasteiger charge is -2.32. The molecule has 10 nitrogen and oxygen atoms in total. The zero-order valence-electron chi connectivity index (χ0n) is 15.4. The first-order valence-corrected chi connectivity index (χ1v) is 10.0. The Balaban J connectivity index is 1.83. The number of aryl methyl sites for hydroxylation is 1. The van der Waals surface area contributed by atoms with Gasteiger partial charge in [0.05, 0.1) is 23.5 Å². The molecule has 1 unspecified atom stereocenters. The smallest absolute Gasteiger partial charge is 0.278 e. The van der Waals surface area contributed by atoms with Crippen LogP contribution < -0.4 is 9.47 Å². The second-order valence-electron chi connectivity index (χ2n) is 6.32. The fourth-order valence-electron chi connectivity index (χ4n) is 3.03. The van der Waals surface area contributed by atoms with Gasteiger partial charge in [0, 0.05) is 31.1 Å². The second kappa shape index (κ2) is 8.07. The first-order valence-electron chi connectivity index (χ1n) is 8.59. The third kappa shape index (κ3) is 4.04. The van der Waals surface area contributed by atoms with E-state index in [4.69, 9.17) is 9.47 Å². The molecule has 2 aromatic rings. The SMILES string of the molecule is COc1nccnc1OC1CCCN(S(=O)(=O)c2cc([N+](=O)[O-])ccc2C)C1. The average molecular weight is 408 g/mol. The van der Waals surface area contributed by atoms with Crippen molar-refractivity contribution in [1.82, 2.24) is 14.3 Å². The van der Waals surface area contributed by atoms with Crippen LogP contribution in [0, 0.1) is 17.0 Å². The van der Waals surface area contributed by atoms with Crippen LogP contribution in [0.3, 0.4) is 0 Å². The molecular formula is C17H20N4O6S. The molecular weight excluding hydrogens is 388 g/mol. The van der Waals surface area contributed by atoms with Gasteiger partial charge in [0.1, 0.15) is 6.10 Å². The fourth-order valence-corrected chi connectivity index (χ4v) is 4.78. The third-order valence-electron chi connectivity index (χ3n) is 4.45. The highest BCUT2D eigenvalue weighted by Crippen LogP contribution is 2.29. The minimum absolute atomic E-state index is 0.0700. The van der Waals surface area contributed by atoms with Gasteiger partial charge in [0.15, 0.2) is 0 Å². The Morgan fingerprint density at radius 1 is 1.25 bits per heavy atom. The first kappa shape index (κ1) is 20.0. The van der Waals surface area contributed by atoms with E-state index in [2.05, 4.69) is 9.97 Å². The third-order valence-corrected chi connectivity index (χ3v) is 6.45. The summed E-state index contributed by atoms with van der Waals surface area (Å²) in [5, 5.41) is 11.0. The van der Waals surface area contributed by atoms with Crippen LogP contribution in [-0.2, 0) is 10.0 Å². The maximum atomic E-state index is 13.1. The van der Waals surface area contributed by atoms with Gasteiger partial charge in [0.25, 0.3) is 17.4 Å². The van der Waals surface area contributed by atoms with Gasteiger partial charge in [-0.3, -0.25) is 10.1 Å². The monoisotopic (exact) mass is 408 g/mol. The highest BCUT2D eigenvalue weighted by Gasteiger charge is 2.33. The van der Waals surface area contributed by atoms with Crippen molar-refractivity contribution in [2.45, 2.75) is 30.8 Å². The zero-order chi connectivity index (χ0) is 20.3. The fraction of sp³-hybridized carbons (Fsp3) is 0.412.